The van der Waals surface area contributed by atoms with E-state index in [4.69, 9.17) is 0 Å². The van der Waals surface area contributed by atoms with Crippen LogP contribution in [0.25, 0.3) is 0 Å². The quantitative estimate of drug-likeness (QED) is 0.829. The van der Waals surface area contributed by atoms with Gasteiger partial charge in [0.05, 0.1) is 10.5 Å². The van der Waals surface area contributed by atoms with Crippen molar-refractivity contribution in [2.75, 3.05) is 11.9 Å². The lowest BCUT2D eigenvalue weighted by atomic mass is 10.0. The van der Waals surface area contributed by atoms with E-state index in [9.17, 15) is 26.4 Å². The van der Waals surface area contributed by atoms with Crippen molar-refractivity contribution in [3.63, 3.8) is 0 Å². The Labute approximate surface area is 161 Å². The van der Waals surface area contributed by atoms with Crippen molar-refractivity contribution in [3.05, 3.63) is 60.2 Å². The standard InChI is InChI=1S/C19H19F3N2O3S/c20-19(21,22)14-7-6-8-15(13-14)23-18(25)17-11-4-5-12-24(17)28(26,27)16-9-2-1-3-10-16/h1-3,6-10,13,17H,4-5,11-12H2,(H,23,25)/t17-/m0/s1. The Morgan fingerprint density at radius 2 is 1.75 bits per heavy atom. The highest BCUT2D eigenvalue weighted by molar-refractivity contribution is 7.89. The Kier molecular flexibility index (Phi) is 5.76. The fourth-order valence-corrected chi connectivity index (χ4v) is 4.86. The predicted molar refractivity (Wildman–Crippen MR) is 98.0 cm³/mol. The molecule has 1 amide bonds. The summed E-state index contributed by atoms with van der Waals surface area (Å²) in [5.41, 5.74) is -0.912. The van der Waals surface area contributed by atoms with Crippen molar-refractivity contribution >= 4 is 21.6 Å². The fourth-order valence-electron chi connectivity index (χ4n) is 3.18. The molecule has 0 spiro atoms. The first kappa shape index (κ1) is 20.3. The maximum atomic E-state index is 12.9. The van der Waals surface area contributed by atoms with Gasteiger partial charge in [-0.1, -0.05) is 30.7 Å². The minimum absolute atomic E-state index is 0.0255. The molecule has 0 aromatic heterocycles. The summed E-state index contributed by atoms with van der Waals surface area (Å²) < 4.78 is 65.6. The van der Waals surface area contributed by atoms with Crippen LogP contribution in [-0.4, -0.2) is 31.2 Å². The van der Waals surface area contributed by atoms with Gasteiger partial charge in [0.2, 0.25) is 15.9 Å². The smallest absolute Gasteiger partial charge is 0.325 e. The lowest BCUT2D eigenvalue weighted by Gasteiger charge is -2.33. The number of carbonyl (C=O) groups excluding carboxylic acids is 1. The topological polar surface area (TPSA) is 66.5 Å². The Balaban J connectivity index is 1.84. The molecule has 0 unspecified atom stereocenters. The molecule has 0 aliphatic carbocycles. The molecule has 5 nitrogen and oxygen atoms in total. The predicted octanol–water partition coefficient (Wildman–Crippen LogP) is 3.89. The van der Waals surface area contributed by atoms with E-state index < -0.39 is 33.7 Å². The monoisotopic (exact) mass is 412 g/mol. The van der Waals surface area contributed by atoms with Crippen LogP contribution < -0.4 is 5.32 Å². The Morgan fingerprint density at radius 1 is 1.04 bits per heavy atom. The molecule has 2 aromatic rings. The summed E-state index contributed by atoms with van der Waals surface area (Å²) >= 11 is 0. The van der Waals surface area contributed by atoms with Crippen molar-refractivity contribution in [2.24, 2.45) is 0 Å². The molecule has 1 N–H and O–H groups in total. The second-order valence-electron chi connectivity index (χ2n) is 6.51. The van der Waals surface area contributed by atoms with Gasteiger partial charge in [-0.05, 0) is 43.2 Å². The van der Waals surface area contributed by atoms with Gasteiger partial charge in [-0.3, -0.25) is 4.79 Å². The Bertz CT molecular complexity index is 946. The van der Waals surface area contributed by atoms with Crippen LogP contribution in [0.5, 0.6) is 0 Å². The molecule has 1 saturated heterocycles. The molecule has 0 radical (unpaired) electrons. The van der Waals surface area contributed by atoms with Gasteiger partial charge in [0.15, 0.2) is 0 Å². The van der Waals surface area contributed by atoms with Crippen molar-refractivity contribution in [2.45, 2.75) is 36.4 Å². The summed E-state index contributed by atoms with van der Waals surface area (Å²) in [6.45, 7) is 0.178. The number of benzene rings is 2. The van der Waals surface area contributed by atoms with Crippen LogP contribution in [0.4, 0.5) is 18.9 Å². The summed E-state index contributed by atoms with van der Waals surface area (Å²) in [6, 6.07) is 11.1. The van der Waals surface area contributed by atoms with Crippen molar-refractivity contribution in [3.8, 4) is 0 Å². The molecule has 3 rings (SSSR count). The van der Waals surface area contributed by atoms with E-state index in [1.807, 2.05) is 0 Å². The molecule has 1 aliphatic rings. The van der Waals surface area contributed by atoms with Crippen molar-refractivity contribution in [1.29, 1.82) is 0 Å². The van der Waals surface area contributed by atoms with E-state index in [1.54, 1.807) is 18.2 Å². The normalized spacial score (nSPS) is 18.6. The molecule has 1 aliphatic heterocycles. The Morgan fingerprint density at radius 3 is 2.43 bits per heavy atom. The molecule has 28 heavy (non-hydrogen) atoms. The number of halogens is 3. The van der Waals surface area contributed by atoms with Gasteiger partial charge in [0, 0.05) is 12.2 Å². The second-order valence-corrected chi connectivity index (χ2v) is 8.40. The number of nitrogens with one attached hydrogen (secondary N) is 1. The van der Waals surface area contributed by atoms with Crippen LogP contribution in [0.3, 0.4) is 0 Å². The first-order chi connectivity index (χ1) is 13.2. The zero-order chi connectivity index (χ0) is 20.4. The van der Waals surface area contributed by atoms with Gasteiger partial charge in [0.25, 0.3) is 0 Å². The number of amides is 1. The summed E-state index contributed by atoms with van der Waals surface area (Å²) in [5, 5.41) is 2.43. The molecule has 1 heterocycles. The van der Waals surface area contributed by atoms with Gasteiger partial charge < -0.3 is 5.32 Å². The largest absolute Gasteiger partial charge is 0.416 e. The van der Waals surface area contributed by atoms with Gasteiger partial charge in [-0.25, -0.2) is 8.42 Å². The zero-order valence-electron chi connectivity index (χ0n) is 14.8. The summed E-state index contributed by atoms with van der Waals surface area (Å²) in [4.78, 5) is 12.8. The number of carbonyl (C=O) groups is 1. The van der Waals surface area contributed by atoms with Gasteiger partial charge in [-0.2, -0.15) is 17.5 Å². The molecule has 1 atom stereocenters. The Hall–Kier alpha value is -2.39. The molecular formula is C19H19F3N2O3S. The van der Waals surface area contributed by atoms with Crippen molar-refractivity contribution < 1.29 is 26.4 Å². The summed E-state index contributed by atoms with van der Waals surface area (Å²) in [6.07, 6.45) is -2.97. The number of rotatable bonds is 4. The molecule has 0 bridgehead atoms. The number of alkyl halides is 3. The van der Waals surface area contributed by atoms with E-state index in [0.717, 1.165) is 16.4 Å². The van der Waals surface area contributed by atoms with Crippen LogP contribution in [0.2, 0.25) is 0 Å². The molecule has 1 fully saturated rings. The SMILES string of the molecule is O=C(Nc1cccc(C(F)(F)F)c1)[C@@H]1CCCCN1S(=O)(=O)c1ccccc1. The van der Waals surface area contributed by atoms with E-state index in [0.29, 0.717) is 19.3 Å². The third kappa shape index (κ3) is 4.36. The van der Waals surface area contributed by atoms with Gasteiger partial charge >= 0.3 is 6.18 Å². The molecule has 0 saturated carbocycles. The molecule has 9 heteroatoms. The highest BCUT2D eigenvalue weighted by atomic mass is 32.2. The van der Waals surface area contributed by atoms with Gasteiger partial charge in [0.1, 0.15) is 6.04 Å². The maximum absolute atomic E-state index is 12.9. The maximum Gasteiger partial charge on any atom is 0.416 e. The number of piperidine rings is 1. The fraction of sp³-hybridized carbons (Fsp3) is 0.316. The third-order valence-corrected chi connectivity index (χ3v) is 6.49. The number of hydrogen-bond acceptors (Lipinski definition) is 3. The van der Waals surface area contributed by atoms with Crippen LogP contribution in [0.1, 0.15) is 24.8 Å². The van der Waals surface area contributed by atoms with Crippen LogP contribution in [0.15, 0.2) is 59.5 Å². The first-order valence-electron chi connectivity index (χ1n) is 8.74. The van der Waals surface area contributed by atoms with Gasteiger partial charge in [-0.15, -0.1) is 0 Å². The van der Waals surface area contributed by atoms with E-state index in [2.05, 4.69) is 5.32 Å². The first-order valence-corrected chi connectivity index (χ1v) is 10.2. The molecular weight excluding hydrogens is 393 g/mol. The summed E-state index contributed by atoms with van der Waals surface area (Å²) in [7, 11) is -3.89. The van der Waals surface area contributed by atoms with Crippen LogP contribution >= 0.6 is 0 Å². The lowest BCUT2D eigenvalue weighted by molar-refractivity contribution is -0.137. The van der Waals surface area contributed by atoms with Crippen LogP contribution in [-0.2, 0) is 21.0 Å². The number of anilines is 1. The zero-order valence-corrected chi connectivity index (χ0v) is 15.6. The number of hydrogen-bond donors (Lipinski definition) is 1. The number of nitrogens with zero attached hydrogens (tertiary/aromatic N) is 1. The third-order valence-electron chi connectivity index (χ3n) is 4.56. The molecule has 2 aromatic carbocycles. The highest BCUT2D eigenvalue weighted by Gasteiger charge is 2.38. The van der Waals surface area contributed by atoms with Crippen molar-refractivity contribution in [1.82, 2.24) is 4.31 Å². The number of sulfonamides is 1. The minimum Gasteiger partial charge on any atom is -0.325 e. The average molecular weight is 412 g/mol. The summed E-state index contributed by atoms with van der Waals surface area (Å²) in [5.74, 6) is -0.640. The average Bonchev–Trinajstić information content (AvgIpc) is 2.68. The lowest BCUT2D eigenvalue weighted by Crippen LogP contribution is -2.49. The van der Waals surface area contributed by atoms with E-state index >= 15 is 0 Å². The minimum atomic E-state index is -4.53. The second kappa shape index (κ2) is 7.92. The van der Waals surface area contributed by atoms with E-state index in [-0.39, 0.29) is 17.1 Å². The highest BCUT2D eigenvalue weighted by Crippen LogP contribution is 2.31. The van der Waals surface area contributed by atoms with E-state index in [1.165, 1.54) is 24.3 Å². The molecule has 150 valence electrons. The van der Waals surface area contributed by atoms with Crippen LogP contribution in [0, 0.1) is 0 Å².